The van der Waals surface area contributed by atoms with E-state index in [4.69, 9.17) is 86.1 Å². The highest BCUT2D eigenvalue weighted by molar-refractivity contribution is 7.49. The van der Waals surface area contributed by atoms with E-state index in [-0.39, 0.29) is 69.5 Å². The fraction of sp³-hybridized carbons (Fsp3) is 0.528. The Bertz CT molecular complexity index is 4010. The van der Waals surface area contributed by atoms with Gasteiger partial charge in [0.2, 0.25) is 11.2 Å². The number of aromatic nitrogens is 6. The second-order valence-corrected chi connectivity index (χ2v) is 29.0. The maximum Gasteiger partial charge on any atom is 0.587 e. The molecule has 0 spiro atoms. The molecular weight excluding hydrogens is 1330 g/mol. The van der Waals surface area contributed by atoms with Crippen molar-refractivity contribution < 1.29 is 56.0 Å². The fourth-order valence-corrected chi connectivity index (χ4v) is 15.7. The average Bonchev–Trinajstić information content (AvgIpc) is 1.56. The lowest BCUT2D eigenvalue weighted by molar-refractivity contribution is -0.201. The Labute approximate surface area is 587 Å². The van der Waals surface area contributed by atoms with E-state index in [0.29, 0.717) is 45.7 Å². The quantitative estimate of drug-likeness (QED) is 0.0279. The largest absolute Gasteiger partial charge is 0.587 e. The van der Waals surface area contributed by atoms with Crippen LogP contribution < -0.4 is 25.3 Å². The minimum absolute atomic E-state index is 0.0126. The Hall–Kier alpha value is -7.65. The summed E-state index contributed by atoms with van der Waals surface area (Å²) in [5.74, 6) is -2.24. The number of ether oxygens (including phenoxy) is 8. The van der Waals surface area contributed by atoms with E-state index in [9.17, 15) is 21.0 Å². The number of nitrogen functional groups attached to an aromatic ring is 2. The zero-order valence-electron chi connectivity index (χ0n) is 56.7. The number of benzene rings is 3. The molecule has 0 bridgehead atoms. The first-order chi connectivity index (χ1) is 47.7. The lowest BCUT2D eigenvalue weighted by Gasteiger charge is -2.29. The van der Waals surface area contributed by atoms with Gasteiger partial charge in [-0.1, -0.05) is 151 Å². The van der Waals surface area contributed by atoms with Gasteiger partial charge < -0.3 is 58.4 Å². The normalized spacial score (nSPS) is 23.1. The van der Waals surface area contributed by atoms with Crippen molar-refractivity contribution in [2.75, 3.05) is 31.3 Å². The molecule has 7 aromatic rings. The van der Waals surface area contributed by atoms with Gasteiger partial charge in [0.25, 0.3) is 0 Å². The summed E-state index contributed by atoms with van der Waals surface area (Å²) in [6.45, 7) is 10.6. The van der Waals surface area contributed by atoms with Crippen molar-refractivity contribution in [2.24, 2.45) is 0 Å². The Kier molecular flexibility index (Phi) is 23.1. The molecule has 24 nitrogen and oxygen atoms in total. The summed E-state index contributed by atoms with van der Waals surface area (Å²) >= 11 is 14.7. The predicted molar refractivity (Wildman–Crippen MR) is 367 cm³/mol. The first-order valence-electron chi connectivity index (χ1n) is 34.1. The van der Waals surface area contributed by atoms with Crippen molar-refractivity contribution in [3.8, 4) is 41.5 Å². The van der Waals surface area contributed by atoms with Crippen molar-refractivity contribution in [2.45, 2.75) is 223 Å². The topological polar surface area (TPSA) is 326 Å². The Balaban J connectivity index is 0.853. The highest BCUT2D eigenvalue weighted by Crippen LogP contribution is 2.56. The summed E-state index contributed by atoms with van der Waals surface area (Å²) in [5.41, 5.74) is 12.2. The number of nitrogens with two attached hydrogens (primary N) is 2. The van der Waals surface area contributed by atoms with Gasteiger partial charge in [-0.3, -0.25) is 4.52 Å². The molecule has 4 aliphatic rings. The second kappa shape index (κ2) is 31.5. The molecule has 27 heteroatoms. The number of aryl methyl sites for hydroxylation is 1. The molecule has 99 heavy (non-hydrogen) atoms. The van der Waals surface area contributed by atoms with Crippen LogP contribution in [0.1, 0.15) is 177 Å². The van der Waals surface area contributed by atoms with Gasteiger partial charge in [0.05, 0.1) is 51.4 Å². The Morgan fingerprint density at radius 1 is 0.596 bits per heavy atom. The molecule has 0 saturated carbocycles. The molecule has 8 heterocycles. The third kappa shape index (κ3) is 15.9. The van der Waals surface area contributed by atoms with Gasteiger partial charge >= 0.3 is 7.82 Å². The molecule has 4 N–H and O–H groups in total. The summed E-state index contributed by atoms with van der Waals surface area (Å²) in [6, 6.07) is 28.6. The van der Waals surface area contributed by atoms with Crippen LogP contribution in [0, 0.1) is 52.2 Å². The van der Waals surface area contributed by atoms with E-state index < -0.39 is 79.9 Å². The molecule has 3 aromatic carbocycles. The van der Waals surface area contributed by atoms with E-state index in [1.165, 1.54) is 111 Å². The van der Waals surface area contributed by atoms with Crippen molar-refractivity contribution >= 4 is 53.7 Å². The van der Waals surface area contributed by atoms with E-state index >= 15 is 4.57 Å². The standard InChI is InChI=1S/C72H85Cl2N12O12P/c1-7-8-9-10-11-12-13-14-15-16-17-18-19-20-21-22-33-88-40-51(90-62-49(38-75)34-46(2)35-50(62)39-76)41-89-99(87,97-54-27-23-25-47(60(54)73)36-56-63-65(95-69(3,4)93-63)71(42-77,91-56)58-31-29-52-67(79)81-44-83-85(52)58)98-55-28-24-26-48(61(55)74)37-57-64-66(96-70(5,6)94-64)72(43-78,92-57)59-32-30-53-68(80)82-45-84-86(53)59/h23-32,34-35,44-45,51,56-57,63-66H,7-22,33,36-37,40-41H2,1-6H3,(H2,79,81,83)(H2,80,82,84)/t51-,56-,57-,63-,64-,65-,66-,71+,72+/m1/s1. The molecule has 4 fully saturated rings. The summed E-state index contributed by atoms with van der Waals surface area (Å²) in [5, 5.41) is 51.8. The highest BCUT2D eigenvalue weighted by Gasteiger charge is 2.67. The van der Waals surface area contributed by atoms with Gasteiger partial charge in [-0.25, -0.2) is 23.6 Å². The SMILES string of the molecule is CCCCCCCCCCCCCCCCCCOC[C@H](COP(=O)(Oc1cccc(C[C@H]2O[C@@](C#N)(c3ccc4c(N)ncnn34)[C@@H]3OC(C)(C)O[C@@H]32)c1Cl)Oc1cccc(C[C@H]2O[C@@](C#N)(c3ccc4c(N)ncnn34)[C@@H]3OC(C)(C)O[C@@H]32)c1Cl)Oc1c(C#N)cc(C)cc1C#N. The van der Waals surface area contributed by atoms with Crippen LogP contribution in [0.4, 0.5) is 11.6 Å². The average molecular weight is 1410 g/mol. The number of unbranched alkanes of at least 4 members (excludes halogenated alkanes) is 15. The van der Waals surface area contributed by atoms with Crippen molar-refractivity contribution in [1.82, 2.24) is 29.2 Å². The number of phosphoric ester groups is 1. The minimum atomic E-state index is -5.08. The number of rotatable bonds is 34. The molecule has 4 aliphatic heterocycles. The van der Waals surface area contributed by atoms with Crippen LogP contribution in [-0.4, -0.2) is 103 Å². The van der Waals surface area contributed by atoms with E-state index in [1.54, 1.807) is 95.3 Å². The van der Waals surface area contributed by atoms with Gasteiger partial charge in [-0.15, -0.1) is 0 Å². The summed E-state index contributed by atoms with van der Waals surface area (Å²) < 4.78 is 90.6. The van der Waals surface area contributed by atoms with Gasteiger partial charge in [0.15, 0.2) is 40.5 Å². The third-order valence-corrected chi connectivity index (χ3v) is 20.7. The predicted octanol–water partition coefficient (Wildman–Crippen LogP) is 14.4. The molecule has 0 unspecified atom stereocenters. The van der Waals surface area contributed by atoms with Crippen molar-refractivity contribution in [3.05, 3.63) is 135 Å². The molecule has 4 aromatic heterocycles. The Morgan fingerprint density at radius 2 is 1.03 bits per heavy atom. The first kappa shape index (κ1) is 72.6. The van der Waals surface area contributed by atoms with Crippen LogP contribution in [0.15, 0.2) is 85.5 Å². The third-order valence-electron chi connectivity index (χ3n) is 18.5. The van der Waals surface area contributed by atoms with Gasteiger partial charge in [0, 0.05) is 19.4 Å². The zero-order chi connectivity index (χ0) is 70.1. The number of hydrogen-bond acceptors (Lipinski definition) is 22. The van der Waals surface area contributed by atoms with Crippen LogP contribution in [0.25, 0.3) is 11.0 Å². The molecule has 0 radical (unpaired) electrons. The molecule has 0 aliphatic carbocycles. The number of anilines is 2. The van der Waals surface area contributed by atoms with Crippen molar-refractivity contribution in [1.29, 1.82) is 21.0 Å². The monoisotopic (exact) mass is 1410 g/mol. The maximum atomic E-state index is 16.1. The minimum Gasteiger partial charge on any atom is -0.483 e. The lowest BCUT2D eigenvalue weighted by Crippen LogP contribution is -2.40. The number of phosphoric acid groups is 1. The second-order valence-electron chi connectivity index (χ2n) is 26.7. The summed E-state index contributed by atoms with van der Waals surface area (Å²) in [6.07, 6.45) is 15.6. The van der Waals surface area contributed by atoms with E-state index in [2.05, 4.69) is 51.4 Å². The van der Waals surface area contributed by atoms with Crippen LogP contribution in [0.3, 0.4) is 0 Å². The molecule has 4 saturated heterocycles. The summed E-state index contributed by atoms with van der Waals surface area (Å²) in [4.78, 5) is 8.23. The Morgan fingerprint density at radius 3 is 1.45 bits per heavy atom. The molecule has 9 atom stereocenters. The zero-order valence-corrected chi connectivity index (χ0v) is 59.1. The van der Waals surface area contributed by atoms with Gasteiger partial charge in [-0.05, 0) is 106 Å². The number of hydrogen-bond donors (Lipinski definition) is 2. The van der Waals surface area contributed by atoms with Crippen LogP contribution in [0.5, 0.6) is 17.2 Å². The fourth-order valence-electron chi connectivity index (χ4n) is 13.8. The smallest absolute Gasteiger partial charge is 0.483 e. The number of halogens is 2. The van der Waals surface area contributed by atoms with Crippen LogP contribution >= 0.6 is 31.0 Å². The first-order valence-corrected chi connectivity index (χ1v) is 36.3. The lowest BCUT2D eigenvalue weighted by atomic mass is 9.91. The molecular formula is C72H85Cl2N12O12P. The summed E-state index contributed by atoms with van der Waals surface area (Å²) in [7, 11) is -5.08. The van der Waals surface area contributed by atoms with Gasteiger partial charge in [0.1, 0.15) is 85.1 Å². The molecule has 524 valence electrons. The molecule has 11 rings (SSSR count). The van der Waals surface area contributed by atoms with E-state index in [0.717, 1.165) is 25.7 Å². The molecule has 0 amide bonds. The maximum absolute atomic E-state index is 16.1. The van der Waals surface area contributed by atoms with E-state index in [1.807, 2.05) is 0 Å². The van der Waals surface area contributed by atoms with Crippen LogP contribution in [0.2, 0.25) is 10.0 Å². The van der Waals surface area contributed by atoms with Crippen molar-refractivity contribution in [3.63, 3.8) is 0 Å². The number of nitrogens with zero attached hydrogens (tertiary/aromatic N) is 10. The van der Waals surface area contributed by atoms with Gasteiger partial charge in [-0.2, -0.15) is 31.2 Å². The number of nitriles is 4. The highest BCUT2D eigenvalue weighted by atomic mass is 35.5. The number of fused-ring (bicyclic) bond motifs is 4. The van der Waals surface area contributed by atoms with Crippen LogP contribution in [-0.2, 0) is 66.3 Å².